The maximum atomic E-state index is 11.5. The van der Waals surface area contributed by atoms with Gasteiger partial charge in [-0.1, -0.05) is 25.4 Å². The molecule has 15 heavy (non-hydrogen) atoms. The summed E-state index contributed by atoms with van der Waals surface area (Å²) in [6, 6.07) is 4.71. The smallest absolute Gasteiger partial charge is 0.338 e. The minimum atomic E-state index is -0.370. The summed E-state index contributed by atoms with van der Waals surface area (Å²) in [5, 5.41) is 0.369. The number of esters is 1. The van der Waals surface area contributed by atoms with Crippen LogP contribution in [0.2, 0.25) is 5.02 Å². The van der Waals surface area contributed by atoms with Crippen molar-refractivity contribution in [1.29, 1.82) is 0 Å². The third-order valence-corrected chi connectivity index (χ3v) is 2.11. The molecule has 0 radical (unpaired) electrons. The van der Waals surface area contributed by atoms with Gasteiger partial charge in [0.2, 0.25) is 0 Å². The molecule has 0 fully saturated rings. The molecule has 0 aliphatic heterocycles. The van der Waals surface area contributed by atoms with Crippen LogP contribution in [0.25, 0.3) is 0 Å². The number of nitrogen functional groups attached to an aromatic ring is 1. The number of carbonyl (C=O) groups is 1. The molecule has 0 amide bonds. The van der Waals surface area contributed by atoms with Crippen LogP contribution in [0.15, 0.2) is 18.2 Å². The van der Waals surface area contributed by atoms with E-state index in [0.717, 1.165) is 0 Å². The van der Waals surface area contributed by atoms with E-state index in [1.807, 2.05) is 13.8 Å². The molecule has 0 bridgehead atoms. The monoisotopic (exact) mass is 227 g/mol. The largest absolute Gasteiger partial charge is 0.462 e. The fourth-order valence-electron chi connectivity index (χ4n) is 0.980. The van der Waals surface area contributed by atoms with Crippen LogP contribution in [0, 0.1) is 5.92 Å². The Morgan fingerprint density at radius 2 is 2.20 bits per heavy atom. The number of benzene rings is 1. The van der Waals surface area contributed by atoms with Gasteiger partial charge in [-0.15, -0.1) is 0 Å². The average Bonchev–Trinajstić information content (AvgIpc) is 2.18. The molecule has 0 atom stereocenters. The molecule has 0 aliphatic rings. The summed E-state index contributed by atoms with van der Waals surface area (Å²) >= 11 is 5.79. The van der Waals surface area contributed by atoms with E-state index in [1.54, 1.807) is 12.1 Å². The standard InChI is InChI=1S/C11H14ClNO2/c1-7(2)6-15-11(14)8-3-4-10(13)9(12)5-8/h3-5,7H,6,13H2,1-2H3. The molecule has 1 rings (SSSR count). The van der Waals surface area contributed by atoms with Crippen molar-refractivity contribution in [2.24, 2.45) is 5.92 Å². The van der Waals surface area contributed by atoms with E-state index >= 15 is 0 Å². The highest BCUT2D eigenvalue weighted by Gasteiger charge is 2.09. The molecule has 1 aromatic rings. The van der Waals surface area contributed by atoms with Gasteiger partial charge < -0.3 is 10.5 Å². The molecule has 2 N–H and O–H groups in total. The summed E-state index contributed by atoms with van der Waals surface area (Å²) in [5.41, 5.74) is 6.41. The number of ether oxygens (including phenoxy) is 1. The summed E-state index contributed by atoms with van der Waals surface area (Å²) in [5.74, 6) is -0.0520. The highest BCUT2D eigenvalue weighted by atomic mass is 35.5. The molecule has 0 heterocycles. The number of carbonyl (C=O) groups excluding carboxylic acids is 1. The van der Waals surface area contributed by atoms with E-state index in [4.69, 9.17) is 22.1 Å². The second kappa shape index (κ2) is 5.03. The molecule has 0 spiro atoms. The average molecular weight is 228 g/mol. The van der Waals surface area contributed by atoms with Crippen molar-refractivity contribution < 1.29 is 9.53 Å². The number of hydrogen-bond donors (Lipinski definition) is 1. The first-order chi connectivity index (χ1) is 7.00. The molecule has 0 saturated heterocycles. The lowest BCUT2D eigenvalue weighted by Gasteiger charge is -2.07. The lowest BCUT2D eigenvalue weighted by molar-refractivity contribution is 0.0459. The molecule has 82 valence electrons. The first kappa shape index (κ1) is 11.9. The predicted molar refractivity (Wildman–Crippen MR) is 61.0 cm³/mol. The van der Waals surface area contributed by atoms with Gasteiger partial charge in [0.05, 0.1) is 22.9 Å². The lowest BCUT2D eigenvalue weighted by Crippen LogP contribution is -2.10. The Morgan fingerprint density at radius 1 is 1.53 bits per heavy atom. The zero-order chi connectivity index (χ0) is 11.4. The van der Waals surface area contributed by atoms with Crippen molar-refractivity contribution in [2.45, 2.75) is 13.8 Å². The van der Waals surface area contributed by atoms with Gasteiger partial charge in [-0.2, -0.15) is 0 Å². The first-order valence-electron chi connectivity index (χ1n) is 4.73. The molecular formula is C11H14ClNO2. The first-order valence-corrected chi connectivity index (χ1v) is 5.10. The number of anilines is 1. The van der Waals surface area contributed by atoms with Crippen molar-refractivity contribution in [3.05, 3.63) is 28.8 Å². The van der Waals surface area contributed by atoms with Crippen molar-refractivity contribution in [2.75, 3.05) is 12.3 Å². The van der Waals surface area contributed by atoms with Gasteiger partial charge >= 0.3 is 5.97 Å². The van der Waals surface area contributed by atoms with Crippen molar-refractivity contribution in [3.8, 4) is 0 Å². The van der Waals surface area contributed by atoms with E-state index in [9.17, 15) is 4.79 Å². The van der Waals surface area contributed by atoms with Gasteiger partial charge in [-0.3, -0.25) is 0 Å². The second-order valence-electron chi connectivity index (χ2n) is 3.73. The van der Waals surface area contributed by atoms with Crippen molar-refractivity contribution in [1.82, 2.24) is 0 Å². The Morgan fingerprint density at radius 3 is 2.73 bits per heavy atom. The van der Waals surface area contributed by atoms with Crippen LogP contribution in [-0.4, -0.2) is 12.6 Å². The van der Waals surface area contributed by atoms with E-state index in [2.05, 4.69) is 0 Å². The van der Waals surface area contributed by atoms with Crippen LogP contribution in [0.3, 0.4) is 0 Å². The zero-order valence-corrected chi connectivity index (χ0v) is 9.54. The van der Waals surface area contributed by atoms with Gasteiger partial charge in [0.15, 0.2) is 0 Å². The van der Waals surface area contributed by atoms with Gasteiger partial charge in [0, 0.05) is 0 Å². The van der Waals surface area contributed by atoms with Crippen LogP contribution in [-0.2, 0) is 4.74 Å². The Kier molecular flexibility index (Phi) is 3.97. The maximum Gasteiger partial charge on any atom is 0.338 e. The summed E-state index contributed by atoms with van der Waals surface area (Å²) in [4.78, 5) is 11.5. The summed E-state index contributed by atoms with van der Waals surface area (Å²) in [7, 11) is 0. The molecular weight excluding hydrogens is 214 g/mol. The Bertz CT molecular complexity index is 364. The third kappa shape index (κ3) is 3.44. The molecule has 3 nitrogen and oxygen atoms in total. The van der Waals surface area contributed by atoms with Gasteiger partial charge in [0.25, 0.3) is 0 Å². The highest BCUT2D eigenvalue weighted by molar-refractivity contribution is 6.33. The number of halogens is 1. The molecule has 0 aromatic heterocycles. The van der Waals surface area contributed by atoms with E-state index < -0.39 is 0 Å². The Hall–Kier alpha value is -1.22. The predicted octanol–water partition coefficient (Wildman–Crippen LogP) is 2.74. The molecule has 0 unspecified atom stereocenters. The summed E-state index contributed by atoms with van der Waals surface area (Å²) < 4.78 is 5.05. The summed E-state index contributed by atoms with van der Waals surface area (Å²) in [6.45, 7) is 4.35. The van der Waals surface area contributed by atoms with Crippen LogP contribution in [0.5, 0.6) is 0 Å². The molecule has 4 heteroatoms. The third-order valence-electron chi connectivity index (χ3n) is 1.78. The van der Waals surface area contributed by atoms with Crippen LogP contribution in [0.1, 0.15) is 24.2 Å². The van der Waals surface area contributed by atoms with E-state index in [0.29, 0.717) is 28.8 Å². The lowest BCUT2D eigenvalue weighted by atomic mass is 10.2. The normalized spacial score (nSPS) is 10.4. The fourth-order valence-corrected chi connectivity index (χ4v) is 1.16. The quantitative estimate of drug-likeness (QED) is 0.638. The van der Waals surface area contributed by atoms with Crippen LogP contribution in [0.4, 0.5) is 5.69 Å². The van der Waals surface area contributed by atoms with Crippen molar-refractivity contribution in [3.63, 3.8) is 0 Å². The minimum absolute atomic E-state index is 0.318. The summed E-state index contributed by atoms with van der Waals surface area (Å²) in [6.07, 6.45) is 0. The molecule has 1 aromatic carbocycles. The Labute approximate surface area is 94.2 Å². The molecule has 0 saturated carbocycles. The zero-order valence-electron chi connectivity index (χ0n) is 8.79. The number of hydrogen-bond acceptors (Lipinski definition) is 3. The maximum absolute atomic E-state index is 11.5. The minimum Gasteiger partial charge on any atom is -0.462 e. The van der Waals surface area contributed by atoms with E-state index in [1.165, 1.54) is 6.07 Å². The van der Waals surface area contributed by atoms with Gasteiger partial charge in [-0.25, -0.2) is 4.79 Å². The topological polar surface area (TPSA) is 52.3 Å². The highest BCUT2D eigenvalue weighted by Crippen LogP contribution is 2.20. The fraction of sp³-hybridized carbons (Fsp3) is 0.364. The van der Waals surface area contributed by atoms with Crippen LogP contribution >= 0.6 is 11.6 Å². The van der Waals surface area contributed by atoms with E-state index in [-0.39, 0.29) is 5.97 Å². The molecule has 0 aliphatic carbocycles. The van der Waals surface area contributed by atoms with Gasteiger partial charge in [-0.05, 0) is 24.1 Å². The number of rotatable bonds is 3. The van der Waals surface area contributed by atoms with Gasteiger partial charge in [0.1, 0.15) is 0 Å². The second-order valence-corrected chi connectivity index (χ2v) is 4.14. The Balaban J connectivity index is 2.70. The SMILES string of the molecule is CC(C)COC(=O)c1ccc(N)c(Cl)c1. The number of nitrogens with two attached hydrogens (primary N) is 1. The van der Waals surface area contributed by atoms with Crippen molar-refractivity contribution >= 4 is 23.3 Å². The van der Waals surface area contributed by atoms with Crippen LogP contribution < -0.4 is 5.73 Å².